The molecule has 0 aliphatic rings. The third-order valence-corrected chi connectivity index (χ3v) is 2.91. The van der Waals surface area contributed by atoms with Crippen molar-refractivity contribution in [1.82, 2.24) is 4.90 Å². The number of carboxylic acids is 1. The van der Waals surface area contributed by atoms with E-state index in [9.17, 15) is 22.8 Å². The maximum atomic E-state index is 13.0. The van der Waals surface area contributed by atoms with Gasteiger partial charge < -0.3 is 10.0 Å². The van der Waals surface area contributed by atoms with Crippen LogP contribution >= 0.6 is 15.9 Å². The first-order valence-electron chi connectivity index (χ1n) is 5.48. The van der Waals surface area contributed by atoms with Crippen LogP contribution < -0.4 is 0 Å². The zero-order chi connectivity index (χ0) is 16.2. The van der Waals surface area contributed by atoms with Gasteiger partial charge in [0.15, 0.2) is 0 Å². The van der Waals surface area contributed by atoms with Crippen molar-refractivity contribution < 1.29 is 27.9 Å². The van der Waals surface area contributed by atoms with Gasteiger partial charge >= 0.3 is 12.1 Å². The number of carbonyl (C=O) groups is 2. The zero-order valence-electron chi connectivity index (χ0n) is 10.4. The van der Waals surface area contributed by atoms with E-state index in [1.807, 2.05) is 5.92 Å². The molecule has 1 amide bonds. The number of carboxylic acid groups (broad SMARTS) is 1. The molecule has 112 valence electrons. The number of benzene rings is 1. The number of nitrogens with zero attached hydrogens (tertiary/aromatic N) is 1. The van der Waals surface area contributed by atoms with Crippen molar-refractivity contribution in [3.63, 3.8) is 0 Å². The number of alkyl halides is 3. The first-order chi connectivity index (χ1) is 9.66. The second kappa shape index (κ2) is 6.63. The Balaban J connectivity index is 3.28. The molecule has 0 spiro atoms. The molecule has 4 nitrogen and oxygen atoms in total. The molecule has 0 aromatic heterocycles. The summed E-state index contributed by atoms with van der Waals surface area (Å²) in [6, 6.07) is 2.99. The average molecular weight is 364 g/mol. The summed E-state index contributed by atoms with van der Waals surface area (Å²) in [5.41, 5.74) is -1.81. The highest BCUT2D eigenvalue weighted by Gasteiger charge is 2.36. The molecule has 0 atom stereocenters. The number of rotatable bonds is 4. The summed E-state index contributed by atoms with van der Waals surface area (Å²) < 4.78 is 39.0. The molecular formula is C13H9BrF3NO3. The maximum Gasteiger partial charge on any atom is 0.417 e. The molecule has 0 heterocycles. The molecular weight excluding hydrogens is 355 g/mol. The molecule has 1 aromatic carbocycles. The van der Waals surface area contributed by atoms with E-state index < -0.39 is 42.3 Å². The quantitative estimate of drug-likeness (QED) is 0.836. The van der Waals surface area contributed by atoms with Gasteiger partial charge in [-0.3, -0.25) is 9.59 Å². The predicted octanol–water partition coefficient (Wildman–Crippen LogP) is 2.63. The van der Waals surface area contributed by atoms with E-state index in [4.69, 9.17) is 11.5 Å². The number of hydrogen-bond donors (Lipinski definition) is 1. The summed E-state index contributed by atoms with van der Waals surface area (Å²) >= 11 is 2.89. The molecule has 0 bridgehead atoms. The molecule has 1 N–H and O–H groups in total. The van der Waals surface area contributed by atoms with E-state index in [-0.39, 0.29) is 4.47 Å². The normalized spacial score (nSPS) is 10.8. The Morgan fingerprint density at radius 1 is 1.38 bits per heavy atom. The predicted molar refractivity (Wildman–Crippen MR) is 71.5 cm³/mol. The molecule has 8 heteroatoms. The summed E-state index contributed by atoms with van der Waals surface area (Å²) in [7, 11) is 0. The Morgan fingerprint density at radius 2 is 2.00 bits per heavy atom. The first-order valence-corrected chi connectivity index (χ1v) is 6.27. The van der Waals surface area contributed by atoms with Crippen LogP contribution in [0.2, 0.25) is 0 Å². The van der Waals surface area contributed by atoms with Crippen molar-refractivity contribution in [2.24, 2.45) is 0 Å². The maximum absolute atomic E-state index is 13.0. The van der Waals surface area contributed by atoms with E-state index in [0.717, 1.165) is 12.1 Å². The second-order valence-electron chi connectivity index (χ2n) is 3.95. The lowest BCUT2D eigenvalue weighted by Crippen LogP contribution is -2.37. The number of amides is 1. The zero-order valence-corrected chi connectivity index (χ0v) is 12.0. The van der Waals surface area contributed by atoms with Crippen LogP contribution in [-0.4, -0.2) is 35.0 Å². The molecule has 0 saturated carbocycles. The number of hydrogen-bond acceptors (Lipinski definition) is 2. The van der Waals surface area contributed by atoms with Crippen LogP contribution in [0.3, 0.4) is 0 Å². The lowest BCUT2D eigenvalue weighted by molar-refractivity contribution is -0.138. The highest BCUT2D eigenvalue weighted by atomic mass is 79.9. The van der Waals surface area contributed by atoms with Gasteiger partial charge in [-0.15, -0.1) is 6.42 Å². The van der Waals surface area contributed by atoms with Crippen LogP contribution in [0.25, 0.3) is 0 Å². The van der Waals surface area contributed by atoms with Crippen molar-refractivity contribution >= 4 is 27.8 Å². The van der Waals surface area contributed by atoms with Crippen LogP contribution in [0, 0.1) is 12.3 Å². The molecule has 1 rings (SSSR count). The average Bonchev–Trinajstić information content (AvgIpc) is 2.36. The van der Waals surface area contributed by atoms with Gasteiger partial charge in [0.1, 0.15) is 6.54 Å². The van der Waals surface area contributed by atoms with E-state index in [0.29, 0.717) is 4.90 Å². The van der Waals surface area contributed by atoms with Gasteiger partial charge in [0.2, 0.25) is 0 Å². The summed E-state index contributed by atoms with van der Waals surface area (Å²) in [6.07, 6.45) is 0.252. The Labute approximate surface area is 126 Å². The highest BCUT2D eigenvalue weighted by Crippen LogP contribution is 2.34. The number of carbonyl (C=O) groups excluding carboxylic acids is 1. The molecule has 21 heavy (non-hydrogen) atoms. The third kappa shape index (κ3) is 4.49. The van der Waals surface area contributed by atoms with Gasteiger partial charge in [0.05, 0.1) is 17.7 Å². The van der Waals surface area contributed by atoms with Crippen molar-refractivity contribution in [2.45, 2.75) is 6.18 Å². The fourth-order valence-electron chi connectivity index (χ4n) is 1.58. The van der Waals surface area contributed by atoms with E-state index in [1.165, 1.54) is 6.07 Å². The fourth-order valence-corrected chi connectivity index (χ4v) is 1.94. The SMILES string of the molecule is C#CCN(CC(=O)O)C(=O)c1ccc(Br)cc1C(F)(F)F. The molecule has 1 aromatic rings. The molecule has 0 unspecified atom stereocenters. The number of aliphatic carboxylic acids is 1. The summed E-state index contributed by atoms with van der Waals surface area (Å²) in [4.78, 5) is 23.4. The first kappa shape index (κ1) is 17.0. The molecule has 0 fully saturated rings. The lowest BCUT2D eigenvalue weighted by Gasteiger charge is -2.20. The minimum Gasteiger partial charge on any atom is -0.480 e. The van der Waals surface area contributed by atoms with E-state index in [2.05, 4.69) is 15.9 Å². The summed E-state index contributed by atoms with van der Waals surface area (Å²) in [5.74, 6) is -0.414. The van der Waals surface area contributed by atoms with E-state index in [1.54, 1.807) is 0 Å². The third-order valence-electron chi connectivity index (χ3n) is 2.41. The molecule has 0 saturated heterocycles. The number of terminal acetylenes is 1. The van der Waals surface area contributed by atoms with Crippen LogP contribution in [-0.2, 0) is 11.0 Å². The molecule has 0 aliphatic heterocycles. The monoisotopic (exact) mass is 363 g/mol. The minimum absolute atomic E-state index is 0.146. The minimum atomic E-state index is -4.75. The summed E-state index contributed by atoms with van der Waals surface area (Å²) in [5, 5.41) is 8.69. The van der Waals surface area contributed by atoms with Crippen molar-refractivity contribution in [3.05, 3.63) is 33.8 Å². The standard InChI is InChI=1S/C13H9BrF3NO3/c1-2-5-18(7-11(19)20)12(21)9-4-3-8(14)6-10(9)13(15,16)17/h1,3-4,6H,5,7H2,(H,19,20). The Hall–Kier alpha value is -2.01. The molecule has 0 aliphatic carbocycles. The Kier molecular flexibility index (Phi) is 5.38. The highest BCUT2D eigenvalue weighted by molar-refractivity contribution is 9.10. The van der Waals surface area contributed by atoms with Gasteiger partial charge in [-0.2, -0.15) is 13.2 Å². The van der Waals surface area contributed by atoms with Gasteiger partial charge in [-0.1, -0.05) is 21.9 Å². The van der Waals surface area contributed by atoms with E-state index >= 15 is 0 Å². The second-order valence-corrected chi connectivity index (χ2v) is 4.86. The lowest BCUT2D eigenvalue weighted by atomic mass is 10.1. The van der Waals surface area contributed by atoms with Gasteiger partial charge in [-0.25, -0.2) is 0 Å². The van der Waals surface area contributed by atoms with Crippen molar-refractivity contribution in [3.8, 4) is 12.3 Å². The fraction of sp³-hybridized carbons (Fsp3) is 0.231. The largest absolute Gasteiger partial charge is 0.480 e. The van der Waals surface area contributed by atoms with Crippen LogP contribution in [0.1, 0.15) is 15.9 Å². The number of halogens is 4. The van der Waals surface area contributed by atoms with Crippen molar-refractivity contribution in [2.75, 3.05) is 13.1 Å². The van der Waals surface area contributed by atoms with Crippen molar-refractivity contribution in [1.29, 1.82) is 0 Å². The van der Waals surface area contributed by atoms with Crippen LogP contribution in [0.15, 0.2) is 22.7 Å². The Morgan fingerprint density at radius 3 is 2.48 bits per heavy atom. The van der Waals surface area contributed by atoms with Gasteiger partial charge in [-0.05, 0) is 18.2 Å². The van der Waals surface area contributed by atoms with Crippen LogP contribution in [0.5, 0.6) is 0 Å². The van der Waals surface area contributed by atoms with Crippen LogP contribution in [0.4, 0.5) is 13.2 Å². The topological polar surface area (TPSA) is 57.6 Å². The summed E-state index contributed by atoms with van der Waals surface area (Å²) in [6.45, 7) is -1.19. The Bertz CT molecular complexity index is 608. The smallest absolute Gasteiger partial charge is 0.417 e. The van der Waals surface area contributed by atoms with Gasteiger partial charge in [0.25, 0.3) is 5.91 Å². The molecule has 0 radical (unpaired) electrons. The van der Waals surface area contributed by atoms with Gasteiger partial charge in [0, 0.05) is 4.47 Å².